The minimum Gasteiger partial charge on any atom is -0.382 e. The molecule has 6 nitrogen and oxygen atoms in total. The van der Waals surface area contributed by atoms with E-state index >= 15 is 0 Å². The highest BCUT2D eigenvalue weighted by Crippen LogP contribution is 2.36. The number of piperazine rings is 1. The second-order valence-electron chi connectivity index (χ2n) is 9.12. The Kier molecular flexibility index (Phi) is 5.36. The van der Waals surface area contributed by atoms with Crippen LogP contribution in [0.15, 0.2) is 40.5 Å². The van der Waals surface area contributed by atoms with Crippen molar-refractivity contribution < 1.29 is 5.11 Å². The second-order valence-corrected chi connectivity index (χ2v) is 10.1. The molecule has 1 aromatic carbocycles. The van der Waals surface area contributed by atoms with Gasteiger partial charge in [-0.05, 0) is 56.7 Å². The van der Waals surface area contributed by atoms with Gasteiger partial charge in [-0.3, -0.25) is 14.3 Å². The van der Waals surface area contributed by atoms with E-state index in [4.69, 9.17) is 0 Å². The Morgan fingerprint density at radius 3 is 2.84 bits per heavy atom. The van der Waals surface area contributed by atoms with Gasteiger partial charge in [0.05, 0.1) is 0 Å². The highest BCUT2D eigenvalue weighted by atomic mass is 32.1. The van der Waals surface area contributed by atoms with Crippen LogP contribution in [0.3, 0.4) is 0 Å². The first-order valence-corrected chi connectivity index (χ1v) is 12.1. The third-order valence-electron chi connectivity index (χ3n) is 6.86. The van der Waals surface area contributed by atoms with Gasteiger partial charge in [0.1, 0.15) is 11.4 Å². The van der Waals surface area contributed by atoms with Crippen LogP contribution in [0.1, 0.15) is 43.7 Å². The minimum atomic E-state index is -1.03. The van der Waals surface area contributed by atoms with Crippen LogP contribution in [0.5, 0.6) is 0 Å². The first-order valence-electron chi connectivity index (χ1n) is 11.2. The van der Waals surface area contributed by atoms with E-state index < -0.39 is 5.60 Å². The summed E-state index contributed by atoms with van der Waals surface area (Å²) in [5, 5.41) is 14.3. The van der Waals surface area contributed by atoms with Gasteiger partial charge in [0.2, 0.25) is 0 Å². The lowest BCUT2D eigenvalue weighted by Crippen LogP contribution is -2.47. The number of aromatic nitrogens is 2. The zero-order chi connectivity index (χ0) is 21.6. The number of anilines is 1. The maximum atomic E-state index is 12.7. The van der Waals surface area contributed by atoms with Crippen LogP contribution < -0.4 is 10.5 Å². The number of rotatable bonds is 4. The molecule has 5 rings (SSSR count). The molecule has 1 saturated heterocycles. The molecule has 0 aliphatic carbocycles. The van der Waals surface area contributed by atoms with Crippen molar-refractivity contribution in [1.29, 1.82) is 0 Å². The first-order chi connectivity index (χ1) is 14.9. The lowest BCUT2D eigenvalue weighted by molar-refractivity contribution is 0.00675. The fourth-order valence-electron chi connectivity index (χ4n) is 5.10. The molecule has 0 radical (unpaired) electrons. The van der Waals surface area contributed by atoms with Gasteiger partial charge in [0, 0.05) is 66.3 Å². The fourth-order valence-corrected chi connectivity index (χ4v) is 5.91. The summed E-state index contributed by atoms with van der Waals surface area (Å²) in [7, 11) is 0. The smallest absolute Gasteiger partial charge is 0.254 e. The SMILES string of the molecule is Cc1cc(=O)n2c(n1)C(C)(O)CCC2CCN1CCN(c2cccc3sccc23)CC1. The Labute approximate surface area is 186 Å². The molecule has 0 spiro atoms. The van der Waals surface area contributed by atoms with Crippen LogP contribution in [0, 0.1) is 6.92 Å². The van der Waals surface area contributed by atoms with Crippen LogP contribution in [0.4, 0.5) is 5.69 Å². The van der Waals surface area contributed by atoms with E-state index in [1.165, 1.54) is 15.8 Å². The molecule has 1 N–H and O–H groups in total. The molecule has 2 aliphatic rings. The van der Waals surface area contributed by atoms with E-state index in [0.29, 0.717) is 17.9 Å². The van der Waals surface area contributed by atoms with Crippen molar-refractivity contribution in [2.45, 2.75) is 44.8 Å². The molecule has 0 amide bonds. The summed E-state index contributed by atoms with van der Waals surface area (Å²) in [5.74, 6) is 0.530. The zero-order valence-electron chi connectivity index (χ0n) is 18.3. The lowest BCUT2D eigenvalue weighted by atomic mass is 9.89. The summed E-state index contributed by atoms with van der Waals surface area (Å²) >= 11 is 1.80. The molecule has 7 heteroatoms. The third kappa shape index (κ3) is 3.90. The van der Waals surface area contributed by atoms with Gasteiger partial charge in [0.25, 0.3) is 5.56 Å². The topological polar surface area (TPSA) is 61.6 Å². The van der Waals surface area contributed by atoms with Gasteiger partial charge in [-0.2, -0.15) is 0 Å². The Hall–Kier alpha value is -2.22. The molecule has 2 aromatic heterocycles. The molecule has 0 bridgehead atoms. The van der Waals surface area contributed by atoms with Crippen LogP contribution in [-0.4, -0.2) is 52.3 Å². The van der Waals surface area contributed by atoms with Crippen molar-refractivity contribution in [2.24, 2.45) is 0 Å². The summed E-state index contributed by atoms with van der Waals surface area (Å²) in [4.78, 5) is 22.2. The molecule has 1 fully saturated rings. The van der Waals surface area contributed by atoms with E-state index in [2.05, 4.69) is 44.4 Å². The second kappa shape index (κ2) is 8.04. The summed E-state index contributed by atoms with van der Waals surface area (Å²) in [5.41, 5.74) is 0.945. The summed E-state index contributed by atoms with van der Waals surface area (Å²) in [6.07, 6.45) is 2.37. The molecular formula is C24H30N4O2S. The predicted molar refractivity (Wildman–Crippen MR) is 126 cm³/mol. The summed E-state index contributed by atoms with van der Waals surface area (Å²) in [6.45, 7) is 8.64. The first kappa shape index (κ1) is 20.7. The van der Waals surface area contributed by atoms with Crippen molar-refractivity contribution in [3.63, 3.8) is 0 Å². The Bertz CT molecular complexity index is 1140. The molecule has 4 heterocycles. The summed E-state index contributed by atoms with van der Waals surface area (Å²) in [6, 6.07) is 10.5. The number of fused-ring (bicyclic) bond motifs is 2. The molecule has 0 saturated carbocycles. The van der Waals surface area contributed by atoms with E-state index in [1.807, 2.05) is 6.92 Å². The number of aliphatic hydroxyl groups is 1. The van der Waals surface area contributed by atoms with E-state index in [9.17, 15) is 9.90 Å². The minimum absolute atomic E-state index is 0.0406. The van der Waals surface area contributed by atoms with Crippen LogP contribution in [0.25, 0.3) is 10.1 Å². The maximum Gasteiger partial charge on any atom is 0.254 e. The van der Waals surface area contributed by atoms with Crippen molar-refractivity contribution >= 4 is 27.1 Å². The Balaban J connectivity index is 1.24. The van der Waals surface area contributed by atoms with Crippen molar-refractivity contribution in [2.75, 3.05) is 37.6 Å². The van der Waals surface area contributed by atoms with Crippen molar-refractivity contribution in [3.8, 4) is 0 Å². The van der Waals surface area contributed by atoms with E-state index in [0.717, 1.165) is 45.6 Å². The Morgan fingerprint density at radius 1 is 1.23 bits per heavy atom. The number of benzene rings is 1. The largest absolute Gasteiger partial charge is 0.382 e. The van der Waals surface area contributed by atoms with Crippen LogP contribution in [-0.2, 0) is 5.60 Å². The monoisotopic (exact) mass is 438 g/mol. The number of hydrogen-bond acceptors (Lipinski definition) is 6. The third-order valence-corrected chi connectivity index (χ3v) is 7.74. The molecule has 2 unspecified atom stereocenters. The summed E-state index contributed by atoms with van der Waals surface area (Å²) < 4.78 is 3.10. The number of hydrogen-bond donors (Lipinski definition) is 1. The highest BCUT2D eigenvalue weighted by molar-refractivity contribution is 7.17. The highest BCUT2D eigenvalue weighted by Gasteiger charge is 2.36. The molecule has 2 atom stereocenters. The Morgan fingerprint density at radius 2 is 2.03 bits per heavy atom. The zero-order valence-corrected chi connectivity index (χ0v) is 19.1. The van der Waals surface area contributed by atoms with Gasteiger partial charge in [-0.1, -0.05) is 6.07 Å². The van der Waals surface area contributed by atoms with Crippen LogP contribution >= 0.6 is 11.3 Å². The van der Waals surface area contributed by atoms with Gasteiger partial charge in [-0.15, -0.1) is 11.3 Å². The molecule has 31 heavy (non-hydrogen) atoms. The average molecular weight is 439 g/mol. The number of aryl methyl sites for hydroxylation is 1. The molecule has 164 valence electrons. The van der Waals surface area contributed by atoms with Gasteiger partial charge in [0.15, 0.2) is 0 Å². The lowest BCUT2D eigenvalue weighted by Gasteiger charge is -2.39. The van der Waals surface area contributed by atoms with Gasteiger partial charge >= 0.3 is 0 Å². The molecule has 3 aromatic rings. The van der Waals surface area contributed by atoms with E-state index in [-0.39, 0.29) is 11.6 Å². The quantitative estimate of drug-likeness (QED) is 0.675. The molecule has 2 aliphatic heterocycles. The maximum absolute atomic E-state index is 12.7. The molecular weight excluding hydrogens is 408 g/mol. The van der Waals surface area contributed by atoms with Gasteiger partial charge < -0.3 is 10.0 Å². The number of thiophene rings is 1. The standard InChI is InChI=1S/C24H30N4O2S/c1-17-16-22(29)28-18(6-9-24(2,30)23(28)25-17)7-10-26-11-13-27(14-12-26)20-4-3-5-21-19(20)8-15-31-21/h3-5,8,15-16,18,30H,6-7,9-14H2,1-2H3. The average Bonchev–Trinajstić information content (AvgIpc) is 3.23. The van der Waals surface area contributed by atoms with E-state index in [1.54, 1.807) is 28.9 Å². The number of nitrogens with zero attached hydrogens (tertiary/aromatic N) is 4. The van der Waals surface area contributed by atoms with Crippen LogP contribution in [0.2, 0.25) is 0 Å². The predicted octanol–water partition coefficient (Wildman–Crippen LogP) is 3.52. The normalized spacial score (nSPS) is 24.5. The van der Waals surface area contributed by atoms with Gasteiger partial charge in [-0.25, -0.2) is 4.98 Å². The fraction of sp³-hybridized carbons (Fsp3) is 0.500. The van der Waals surface area contributed by atoms with Crippen molar-refractivity contribution in [3.05, 3.63) is 57.6 Å². The van der Waals surface area contributed by atoms with Crippen molar-refractivity contribution in [1.82, 2.24) is 14.5 Å².